The van der Waals surface area contributed by atoms with Crippen molar-refractivity contribution in [3.05, 3.63) is 32.4 Å². The number of carbonyl (C=O) groups is 1. The predicted octanol–water partition coefficient (Wildman–Crippen LogP) is 4.32. The summed E-state index contributed by atoms with van der Waals surface area (Å²) in [5.74, 6) is 0.185. The SMILES string of the molecule is CCCCC(=O)c1ccc(I)c(Cl)c1. The Balaban J connectivity index is 2.76. The van der Waals surface area contributed by atoms with E-state index in [0.29, 0.717) is 11.4 Å². The molecule has 0 aliphatic heterocycles. The molecule has 0 aliphatic rings. The Morgan fingerprint density at radius 3 is 2.79 bits per heavy atom. The van der Waals surface area contributed by atoms with Crippen molar-refractivity contribution in [2.24, 2.45) is 0 Å². The van der Waals surface area contributed by atoms with Gasteiger partial charge in [-0.25, -0.2) is 0 Å². The van der Waals surface area contributed by atoms with Gasteiger partial charge in [0.1, 0.15) is 0 Å². The van der Waals surface area contributed by atoms with E-state index in [9.17, 15) is 4.79 Å². The van der Waals surface area contributed by atoms with Crippen LogP contribution in [-0.4, -0.2) is 5.78 Å². The van der Waals surface area contributed by atoms with Gasteiger partial charge in [-0.1, -0.05) is 31.0 Å². The first-order chi connectivity index (χ1) is 6.65. The van der Waals surface area contributed by atoms with Crippen LogP contribution in [0.4, 0.5) is 0 Å². The number of hydrogen-bond donors (Lipinski definition) is 0. The first-order valence-corrected chi connectivity index (χ1v) is 6.09. The Hall–Kier alpha value is -0.0900. The topological polar surface area (TPSA) is 17.1 Å². The molecule has 0 spiro atoms. The zero-order chi connectivity index (χ0) is 10.6. The standard InChI is InChI=1S/C11H12ClIO/c1-2-3-4-11(14)8-5-6-10(13)9(12)7-8/h5-7H,2-4H2,1H3. The zero-order valence-electron chi connectivity index (χ0n) is 8.02. The van der Waals surface area contributed by atoms with Crippen LogP contribution in [0.2, 0.25) is 5.02 Å². The number of rotatable bonds is 4. The van der Waals surface area contributed by atoms with Gasteiger partial charge in [0.15, 0.2) is 5.78 Å². The minimum absolute atomic E-state index is 0.185. The van der Waals surface area contributed by atoms with Crippen LogP contribution in [0.5, 0.6) is 0 Å². The number of Topliss-reactive ketones (excluding diaryl/α,β-unsaturated/α-hetero) is 1. The van der Waals surface area contributed by atoms with Crippen LogP contribution >= 0.6 is 34.2 Å². The Morgan fingerprint density at radius 1 is 1.50 bits per heavy atom. The molecule has 0 fully saturated rings. The van der Waals surface area contributed by atoms with Gasteiger partial charge in [-0.05, 0) is 41.1 Å². The van der Waals surface area contributed by atoms with Crippen molar-refractivity contribution in [2.45, 2.75) is 26.2 Å². The number of carbonyl (C=O) groups excluding carboxylic acids is 1. The van der Waals surface area contributed by atoms with Gasteiger partial charge in [-0.3, -0.25) is 4.79 Å². The minimum atomic E-state index is 0.185. The van der Waals surface area contributed by atoms with Crippen LogP contribution < -0.4 is 0 Å². The molecule has 1 rings (SSSR count). The van der Waals surface area contributed by atoms with Gasteiger partial charge in [0.2, 0.25) is 0 Å². The second-order valence-electron chi connectivity index (χ2n) is 3.16. The fraction of sp³-hybridized carbons (Fsp3) is 0.364. The summed E-state index contributed by atoms with van der Waals surface area (Å²) in [6.45, 7) is 2.08. The molecule has 0 N–H and O–H groups in total. The Morgan fingerprint density at radius 2 is 2.21 bits per heavy atom. The quantitative estimate of drug-likeness (QED) is 0.596. The lowest BCUT2D eigenvalue weighted by Crippen LogP contribution is -1.98. The Labute approximate surface area is 103 Å². The van der Waals surface area contributed by atoms with Gasteiger partial charge in [-0.2, -0.15) is 0 Å². The first-order valence-electron chi connectivity index (χ1n) is 4.63. The molecule has 0 atom stereocenters. The number of ketones is 1. The van der Waals surface area contributed by atoms with Crippen LogP contribution in [0.1, 0.15) is 36.5 Å². The van der Waals surface area contributed by atoms with E-state index < -0.39 is 0 Å². The largest absolute Gasteiger partial charge is 0.294 e. The summed E-state index contributed by atoms with van der Waals surface area (Å²) in [7, 11) is 0. The third-order valence-electron chi connectivity index (χ3n) is 2.00. The Kier molecular flexibility index (Phi) is 4.89. The molecular formula is C11H12ClIO. The number of benzene rings is 1. The number of halogens is 2. The Bertz CT molecular complexity index is 336. The van der Waals surface area contributed by atoms with Gasteiger partial charge in [0, 0.05) is 15.6 Å². The average molecular weight is 323 g/mol. The highest BCUT2D eigenvalue weighted by molar-refractivity contribution is 14.1. The van der Waals surface area contributed by atoms with Gasteiger partial charge in [0.05, 0.1) is 5.02 Å². The van der Waals surface area contributed by atoms with E-state index in [1.165, 1.54) is 0 Å². The normalized spacial score (nSPS) is 10.2. The highest BCUT2D eigenvalue weighted by atomic mass is 127. The molecule has 1 aromatic carbocycles. The van der Waals surface area contributed by atoms with E-state index in [1.54, 1.807) is 6.07 Å². The van der Waals surface area contributed by atoms with Crippen molar-refractivity contribution in [3.8, 4) is 0 Å². The predicted molar refractivity (Wildman–Crippen MR) is 68.0 cm³/mol. The maximum Gasteiger partial charge on any atom is 0.162 e. The van der Waals surface area contributed by atoms with Gasteiger partial charge < -0.3 is 0 Å². The summed E-state index contributed by atoms with van der Waals surface area (Å²) >= 11 is 8.08. The summed E-state index contributed by atoms with van der Waals surface area (Å²) in [6, 6.07) is 5.47. The van der Waals surface area contributed by atoms with Crippen molar-refractivity contribution in [2.75, 3.05) is 0 Å². The summed E-state index contributed by atoms with van der Waals surface area (Å²) in [4.78, 5) is 11.6. The maximum absolute atomic E-state index is 11.6. The lowest BCUT2D eigenvalue weighted by atomic mass is 10.1. The summed E-state index contributed by atoms with van der Waals surface area (Å²) in [5, 5.41) is 0.660. The fourth-order valence-corrected chi connectivity index (χ4v) is 1.67. The van der Waals surface area contributed by atoms with E-state index in [2.05, 4.69) is 29.5 Å². The highest BCUT2D eigenvalue weighted by Crippen LogP contribution is 2.20. The molecule has 0 heterocycles. The first kappa shape index (κ1) is 12.0. The van der Waals surface area contributed by atoms with Crippen molar-refractivity contribution in [1.82, 2.24) is 0 Å². The molecule has 76 valence electrons. The third kappa shape index (κ3) is 3.24. The molecule has 0 amide bonds. The van der Waals surface area contributed by atoms with Gasteiger partial charge in [-0.15, -0.1) is 0 Å². The van der Waals surface area contributed by atoms with E-state index in [1.807, 2.05) is 12.1 Å². The molecule has 14 heavy (non-hydrogen) atoms. The maximum atomic E-state index is 11.6. The van der Waals surface area contributed by atoms with Crippen molar-refractivity contribution in [1.29, 1.82) is 0 Å². The highest BCUT2D eigenvalue weighted by Gasteiger charge is 2.06. The summed E-state index contributed by atoms with van der Waals surface area (Å²) < 4.78 is 0.983. The minimum Gasteiger partial charge on any atom is -0.294 e. The zero-order valence-corrected chi connectivity index (χ0v) is 10.9. The number of hydrogen-bond acceptors (Lipinski definition) is 1. The van der Waals surface area contributed by atoms with Crippen LogP contribution in [-0.2, 0) is 0 Å². The third-order valence-corrected chi connectivity index (χ3v) is 3.57. The molecule has 0 unspecified atom stereocenters. The van der Waals surface area contributed by atoms with E-state index >= 15 is 0 Å². The average Bonchev–Trinajstić information content (AvgIpc) is 2.18. The fourth-order valence-electron chi connectivity index (χ4n) is 1.15. The number of unbranched alkanes of at least 4 members (excludes halogenated alkanes) is 1. The van der Waals surface area contributed by atoms with E-state index in [4.69, 9.17) is 11.6 Å². The summed E-state index contributed by atoms with van der Waals surface area (Å²) in [6.07, 6.45) is 2.61. The van der Waals surface area contributed by atoms with Crippen LogP contribution in [0.15, 0.2) is 18.2 Å². The van der Waals surface area contributed by atoms with Crippen LogP contribution in [0, 0.1) is 3.57 Å². The van der Waals surface area contributed by atoms with Crippen molar-refractivity contribution < 1.29 is 4.79 Å². The van der Waals surface area contributed by atoms with Gasteiger partial charge in [0.25, 0.3) is 0 Å². The van der Waals surface area contributed by atoms with Gasteiger partial charge >= 0.3 is 0 Å². The summed E-state index contributed by atoms with van der Waals surface area (Å²) in [5.41, 5.74) is 0.726. The molecule has 0 aliphatic carbocycles. The molecular weight excluding hydrogens is 310 g/mol. The van der Waals surface area contributed by atoms with Crippen molar-refractivity contribution in [3.63, 3.8) is 0 Å². The molecule has 1 nitrogen and oxygen atoms in total. The smallest absolute Gasteiger partial charge is 0.162 e. The molecule has 0 saturated carbocycles. The second-order valence-corrected chi connectivity index (χ2v) is 4.73. The molecule has 1 aromatic rings. The lowest BCUT2D eigenvalue weighted by molar-refractivity contribution is 0.0980. The molecule has 0 radical (unpaired) electrons. The van der Waals surface area contributed by atoms with E-state index in [0.717, 1.165) is 22.0 Å². The molecule has 0 bridgehead atoms. The monoisotopic (exact) mass is 322 g/mol. The van der Waals surface area contributed by atoms with Crippen LogP contribution in [0.25, 0.3) is 0 Å². The molecule has 0 saturated heterocycles. The molecule has 3 heteroatoms. The van der Waals surface area contributed by atoms with Crippen LogP contribution in [0.3, 0.4) is 0 Å². The van der Waals surface area contributed by atoms with Crippen molar-refractivity contribution >= 4 is 40.0 Å². The van der Waals surface area contributed by atoms with E-state index in [-0.39, 0.29) is 5.78 Å². The molecule has 0 aromatic heterocycles. The second kappa shape index (κ2) is 5.71. The lowest BCUT2D eigenvalue weighted by Gasteiger charge is -2.01.